The Morgan fingerprint density at radius 3 is 2.71 bits per heavy atom. The Morgan fingerprint density at radius 1 is 1.29 bits per heavy atom. The Morgan fingerprint density at radius 2 is 2.06 bits per heavy atom. The van der Waals surface area contributed by atoms with Crippen molar-refractivity contribution in [2.45, 2.75) is 40.0 Å². The topological polar surface area (TPSA) is 49.8 Å². The summed E-state index contributed by atoms with van der Waals surface area (Å²) in [4.78, 5) is 8.84. The molecule has 2 N–H and O–H groups in total. The molecule has 94 valence electrons. The number of anilines is 2. The molecule has 1 saturated carbocycles. The lowest BCUT2D eigenvalue weighted by molar-refractivity contribution is 0.609. The van der Waals surface area contributed by atoms with Crippen LogP contribution in [-0.2, 0) is 0 Å². The van der Waals surface area contributed by atoms with Crippen molar-refractivity contribution in [2.24, 2.45) is 5.41 Å². The molecule has 1 heterocycles. The van der Waals surface area contributed by atoms with Crippen molar-refractivity contribution in [3.8, 4) is 0 Å². The summed E-state index contributed by atoms with van der Waals surface area (Å²) < 4.78 is 0. The molecule has 0 saturated heterocycles. The molecule has 1 aromatic heterocycles. The van der Waals surface area contributed by atoms with Crippen LogP contribution < -0.4 is 10.6 Å². The molecule has 0 amide bonds. The van der Waals surface area contributed by atoms with E-state index in [1.165, 1.54) is 12.8 Å². The molecule has 1 aromatic rings. The van der Waals surface area contributed by atoms with Crippen LogP contribution in [0.15, 0.2) is 6.07 Å². The first-order chi connectivity index (χ1) is 8.11. The van der Waals surface area contributed by atoms with E-state index in [0.29, 0.717) is 5.41 Å². The Balaban J connectivity index is 1.97. The zero-order valence-electron chi connectivity index (χ0n) is 11.0. The van der Waals surface area contributed by atoms with E-state index in [4.69, 9.17) is 0 Å². The first-order valence-corrected chi connectivity index (χ1v) is 6.45. The molecule has 1 fully saturated rings. The quantitative estimate of drug-likeness (QED) is 0.794. The minimum atomic E-state index is 0.496. The number of nitrogens with zero attached hydrogens (tertiary/aromatic N) is 2. The molecule has 0 aromatic carbocycles. The highest BCUT2D eigenvalue weighted by molar-refractivity contribution is 5.42. The first kappa shape index (κ1) is 12.1. The minimum Gasteiger partial charge on any atom is -0.369 e. The number of hydrogen-bond acceptors (Lipinski definition) is 4. The number of nitrogens with one attached hydrogen (secondary N) is 2. The average Bonchev–Trinajstić information content (AvgIpc) is 3.02. The van der Waals surface area contributed by atoms with Gasteiger partial charge in [0.2, 0.25) is 5.95 Å². The van der Waals surface area contributed by atoms with Gasteiger partial charge < -0.3 is 10.6 Å². The molecule has 2 rings (SSSR count). The van der Waals surface area contributed by atoms with Crippen LogP contribution >= 0.6 is 0 Å². The Kier molecular flexibility index (Phi) is 3.50. The summed E-state index contributed by atoms with van der Waals surface area (Å²) in [7, 11) is 0. The van der Waals surface area contributed by atoms with Gasteiger partial charge in [-0.2, -0.15) is 4.98 Å². The van der Waals surface area contributed by atoms with E-state index in [9.17, 15) is 0 Å². The lowest BCUT2D eigenvalue weighted by Crippen LogP contribution is -2.14. The fourth-order valence-electron chi connectivity index (χ4n) is 1.67. The van der Waals surface area contributed by atoms with E-state index >= 15 is 0 Å². The van der Waals surface area contributed by atoms with Crippen molar-refractivity contribution in [2.75, 3.05) is 23.7 Å². The number of hydrogen-bond donors (Lipinski definition) is 2. The predicted octanol–water partition coefficient (Wildman–Crippen LogP) is 2.82. The van der Waals surface area contributed by atoms with Crippen molar-refractivity contribution >= 4 is 11.8 Å². The molecule has 4 nitrogen and oxygen atoms in total. The van der Waals surface area contributed by atoms with Crippen LogP contribution in [0.5, 0.6) is 0 Å². The molecule has 0 aliphatic heterocycles. The molecule has 0 bridgehead atoms. The van der Waals surface area contributed by atoms with E-state index in [-0.39, 0.29) is 0 Å². The number of rotatable bonds is 6. The summed E-state index contributed by atoms with van der Waals surface area (Å²) in [6.07, 6.45) is 3.73. The molecule has 17 heavy (non-hydrogen) atoms. The third kappa shape index (κ3) is 3.58. The Bertz CT molecular complexity index is 385. The molecule has 0 radical (unpaired) electrons. The Hall–Kier alpha value is -1.32. The Labute approximate surface area is 103 Å². The van der Waals surface area contributed by atoms with Crippen LogP contribution in [0, 0.1) is 12.3 Å². The normalized spacial score (nSPS) is 16.6. The molecule has 1 aliphatic rings. The van der Waals surface area contributed by atoms with E-state index in [1.54, 1.807) is 0 Å². The number of aromatic nitrogens is 2. The van der Waals surface area contributed by atoms with Crippen molar-refractivity contribution < 1.29 is 0 Å². The molecule has 0 atom stereocenters. The van der Waals surface area contributed by atoms with Gasteiger partial charge in [-0.15, -0.1) is 0 Å². The SMILES string of the molecule is CCCNc1nc(C)cc(NCC2(C)CC2)n1. The highest BCUT2D eigenvalue weighted by Gasteiger charge is 2.36. The summed E-state index contributed by atoms with van der Waals surface area (Å²) in [5.74, 6) is 1.67. The van der Waals surface area contributed by atoms with E-state index in [2.05, 4.69) is 34.4 Å². The van der Waals surface area contributed by atoms with Crippen molar-refractivity contribution in [3.63, 3.8) is 0 Å². The predicted molar refractivity (Wildman–Crippen MR) is 71.4 cm³/mol. The summed E-state index contributed by atoms with van der Waals surface area (Å²) in [6, 6.07) is 2.00. The van der Waals surface area contributed by atoms with Crippen LogP contribution in [0.4, 0.5) is 11.8 Å². The van der Waals surface area contributed by atoms with Crippen LogP contribution in [0.2, 0.25) is 0 Å². The van der Waals surface area contributed by atoms with Crippen LogP contribution in [0.1, 0.15) is 38.8 Å². The second-order valence-electron chi connectivity index (χ2n) is 5.31. The van der Waals surface area contributed by atoms with Gasteiger partial charge in [-0.05, 0) is 31.6 Å². The van der Waals surface area contributed by atoms with Gasteiger partial charge in [0.15, 0.2) is 0 Å². The maximum atomic E-state index is 4.47. The summed E-state index contributed by atoms with van der Waals surface area (Å²) in [6.45, 7) is 8.38. The second-order valence-corrected chi connectivity index (χ2v) is 5.31. The zero-order valence-corrected chi connectivity index (χ0v) is 11.0. The highest BCUT2D eigenvalue weighted by atomic mass is 15.1. The largest absolute Gasteiger partial charge is 0.369 e. The van der Waals surface area contributed by atoms with Gasteiger partial charge in [0, 0.05) is 24.8 Å². The van der Waals surface area contributed by atoms with Crippen LogP contribution in [-0.4, -0.2) is 23.1 Å². The average molecular weight is 234 g/mol. The van der Waals surface area contributed by atoms with Gasteiger partial charge in [0.1, 0.15) is 5.82 Å². The van der Waals surface area contributed by atoms with Crippen LogP contribution in [0.25, 0.3) is 0 Å². The second kappa shape index (κ2) is 4.90. The third-order valence-electron chi connectivity index (χ3n) is 3.19. The van der Waals surface area contributed by atoms with Crippen molar-refractivity contribution in [3.05, 3.63) is 11.8 Å². The maximum absolute atomic E-state index is 4.47. The van der Waals surface area contributed by atoms with E-state index in [0.717, 1.165) is 37.0 Å². The monoisotopic (exact) mass is 234 g/mol. The molecular formula is C13H22N4. The van der Waals surface area contributed by atoms with E-state index in [1.807, 2.05) is 13.0 Å². The molecular weight excluding hydrogens is 212 g/mol. The molecule has 4 heteroatoms. The van der Waals surface area contributed by atoms with Gasteiger partial charge in [0.25, 0.3) is 0 Å². The van der Waals surface area contributed by atoms with Crippen molar-refractivity contribution in [1.29, 1.82) is 0 Å². The van der Waals surface area contributed by atoms with E-state index < -0.39 is 0 Å². The third-order valence-corrected chi connectivity index (χ3v) is 3.19. The molecule has 1 aliphatic carbocycles. The van der Waals surface area contributed by atoms with Gasteiger partial charge in [-0.1, -0.05) is 13.8 Å². The summed E-state index contributed by atoms with van der Waals surface area (Å²) >= 11 is 0. The fourth-order valence-corrected chi connectivity index (χ4v) is 1.67. The smallest absolute Gasteiger partial charge is 0.224 e. The minimum absolute atomic E-state index is 0.496. The highest BCUT2D eigenvalue weighted by Crippen LogP contribution is 2.44. The number of aryl methyl sites for hydroxylation is 1. The van der Waals surface area contributed by atoms with Gasteiger partial charge in [-0.25, -0.2) is 4.98 Å². The maximum Gasteiger partial charge on any atom is 0.224 e. The lowest BCUT2D eigenvalue weighted by atomic mass is 10.1. The summed E-state index contributed by atoms with van der Waals surface area (Å²) in [5.41, 5.74) is 1.50. The fraction of sp³-hybridized carbons (Fsp3) is 0.692. The van der Waals surface area contributed by atoms with Gasteiger partial charge >= 0.3 is 0 Å². The zero-order chi connectivity index (χ0) is 12.3. The molecule has 0 spiro atoms. The summed E-state index contributed by atoms with van der Waals surface area (Å²) in [5, 5.41) is 6.64. The first-order valence-electron chi connectivity index (χ1n) is 6.45. The van der Waals surface area contributed by atoms with Gasteiger partial charge in [0.05, 0.1) is 0 Å². The van der Waals surface area contributed by atoms with Crippen LogP contribution in [0.3, 0.4) is 0 Å². The lowest BCUT2D eigenvalue weighted by Gasteiger charge is -2.12. The van der Waals surface area contributed by atoms with Crippen molar-refractivity contribution in [1.82, 2.24) is 9.97 Å². The molecule has 0 unspecified atom stereocenters. The van der Waals surface area contributed by atoms with Gasteiger partial charge in [-0.3, -0.25) is 0 Å². The standard InChI is InChI=1S/C13H22N4/c1-4-7-14-12-16-10(2)8-11(17-12)15-9-13(3)5-6-13/h8H,4-7,9H2,1-3H3,(H2,14,15,16,17).